The number of para-hydroxylation sites is 1. The third-order valence-corrected chi connectivity index (χ3v) is 1.48. The Hall–Kier alpha value is -1.75. The van der Waals surface area contributed by atoms with Gasteiger partial charge in [-0.1, -0.05) is 18.2 Å². The van der Waals surface area contributed by atoms with Gasteiger partial charge in [-0.05, 0) is 12.1 Å². The quantitative estimate of drug-likeness (QED) is 0.620. The summed E-state index contributed by atoms with van der Waals surface area (Å²) < 4.78 is 5.08. The van der Waals surface area contributed by atoms with Gasteiger partial charge in [-0.25, -0.2) is 0 Å². The summed E-state index contributed by atoms with van der Waals surface area (Å²) in [6.07, 6.45) is 3.15. The maximum Gasteiger partial charge on any atom is 0.126 e. The molecule has 0 radical (unpaired) electrons. The molecule has 0 aliphatic heterocycles. The second kappa shape index (κ2) is 4.20. The lowest BCUT2D eigenvalue weighted by Gasteiger charge is -2.01. The van der Waals surface area contributed by atoms with Gasteiger partial charge in [-0.2, -0.15) is 5.26 Å². The van der Waals surface area contributed by atoms with Crippen LogP contribution >= 0.6 is 0 Å². The Kier molecular flexibility index (Phi) is 2.92. The highest BCUT2D eigenvalue weighted by Gasteiger charge is 1.94. The minimum atomic E-state index is 0.781. The van der Waals surface area contributed by atoms with Crippen molar-refractivity contribution < 1.29 is 4.74 Å². The highest BCUT2D eigenvalue weighted by Crippen LogP contribution is 2.18. The standard InChI is InChI=1S/C10H9NO/c1-12-10-7-3-2-5-9(10)6-4-8-11/h2-7H,1H3. The Bertz CT molecular complexity index is 323. The highest BCUT2D eigenvalue weighted by atomic mass is 16.5. The van der Waals surface area contributed by atoms with Gasteiger partial charge in [-0.15, -0.1) is 0 Å². The molecule has 0 aliphatic rings. The van der Waals surface area contributed by atoms with E-state index in [0.29, 0.717) is 0 Å². The van der Waals surface area contributed by atoms with Gasteiger partial charge in [0.25, 0.3) is 0 Å². The summed E-state index contributed by atoms with van der Waals surface area (Å²) in [5.74, 6) is 0.781. The van der Waals surface area contributed by atoms with Crippen molar-refractivity contribution in [3.05, 3.63) is 35.9 Å². The summed E-state index contributed by atoms with van der Waals surface area (Å²) in [5, 5.41) is 8.31. The molecule has 0 N–H and O–H groups in total. The van der Waals surface area contributed by atoms with Crippen LogP contribution in [0.4, 0.5) is 0 Å². The maximum atomic E-state index is 8.31. The van der Waals surface area contributed by atoms with Crippen LogP contribution in [0.5, 0.6) is 5.75 Å². The first-order valence-corrected chi connectivity index (χ1v) is 3.57. The van der Waals surface area contributed by atoms with Gasteiger partial charge in [0.15, 0.2) is 0 Å². The fourth-order valence-electron chi connectivity index (χ4n) is 0.931. The molecule has 0 unspecified atom stereocenters. The lowest BCUT2D eigenvalue weighted by molar-refractivity contribution is 0.414. The average Bonchev–Trinajstić information content (AvgIpc) is 2.15. The third-order valence-electron chi connectivity index (χ3n) is 1.48. The summed E-state index contributed by atoms with van der Waals surface area (Å²) in [6.45, 7) is 0. The van der Waals surface area contributed by atoms with E-state index in [9.17, 15) is 0 Å². The van der Waals surface area contributed by atoms with Crippen molar-refractivity contribution in [1.29, 1.82) is 5.26 Å². The average molecular weight is 159 g/mol. The van der Waals surface area contributed by atoms with Crippen LogP contribution in [0.2, 0.25) is 0 Å². The van der Waals surface area contributed by atoms with E-state index in [1.54, 1.807) is 13.2 Å². The molecule has 0 aromatic heterocycles. The predicted molar refractivity (Wildman–Crippen MR) is 47.6 cm³/mol. The van der Waals surface area contributed by atoms with Crippen LogP contribution in [0.3, 0.4) is 0 Å². The molecule has 2 nitrogen and oxygen atoms in total. The summed E-state index contributed by atoms with van der Waals surface area (Å²) >= 11 is 0. The topological polar surface area (TPSA) is 33.0 Å². The molecule has 0 heterocycles. The smallest absolute Gasteiger partial charge is 0.126 e. The second-order valence-corrected chi connectivity index (χ2v) is 2.20. The number of rotatable bonds is 2. The number of allylic oxidation sites excluding steroid dienone is 1. The molecule has 1 aromatic rings. The Morgan fingerprint density at radius 3 is 2.83 bits per heavy atom. The molecule has 0 fully saturated rings. The van der Waals surface area contributed by atoms with Crippen molar-refractivity contribution >= 4 is 6.08 Å². The summed E-state index contributed by atoms with van der Waals surface area (Å²) in [7, 11) is 1.61. The first kappa shape index (κ1) is 8.35. The van der Waals surface area contributed by atoms with E-state index in [1.807, 2.05) is 30.3 Å². The fraction of sp³-hybridized carbons (Fsp3) is 0.100. The molecule has 0 bridgehead atoms. The van der Waals surface area contributed by atoms with Crippen LogP contribution in [0.15, 0.2) is 30.3 Å². The number of nitriles is 1. The van der Waals surface area contributed by atoms with Gasteiger partial charge in [0.2, 0.25) is 0 Å². The first-order valence-electron chi connectivity index (χ1n) is 3.57. The molecule has 2 heteroatoms. The molecule has 0 aliphatic carbocycles. The van der Waals surface area contributed by atoms with Crippen LogP contribution < -0.4 is 4.74 Å². The Labute approximate surface area is 71.7 Å². The zero-order chi connectivity index (χ0) is 8.81. The summed E-state index contributed by atoms with van der Waals surface area (Å²) in [5.41, 5.74) is 0.918. The maximum absolute atomic E-state index is 8.31. The van der Waals surface area contributed by atoms with E-state index in [0.717, 1.165) is 11.3 Å². The third kappa shape index (κ3) is 1.86. The molecule has 60 valence electrons. The second-order valence-electron chi connectivity index (χ2n) is 2.20. The molecular weight excluding hydrogens is 150 g/mol. The Balaban J connectivity index is 2.99. The molecule has 0 saturated carbocycles. The van der Waals surface area contributed by atoms with Crippen LogP contribution in [0.25, 0.3) is 6.08 Å². The number of hydrogen-bond acceptors (Lipinski definition) is 2. The van der Waals surface area contributed by atoms with Crippen LogP contribution in [-0.4, -0.2) is 7.11 Å². The van der Waals surface area contributed by atoms with Gasteiger partial charge in [-0.3, -0.25) is 0 Å². The molecule has 0 atom stereocenters. The number of benzene rings is 1. The van der Waals surface area contributed by atoms with Crippen molar-refractivity contribution in [3.8, 4) is 11.8 Å². The normalized spacial score (nSPS) is 9.67. The zero-order valence-electron chi connectivity index (χ0n) is 6.82. The van der Waals surface area contributed by atoms with Crippen molar-refractivity contribution in [3.63, 3.8) is 0 Å². The van der Waals surface area contributed by atoms with Crippen LogP contribution in [-0.2, 0) is 0 Å². The van der Waals surface area contributed by atoms with E-state index < -0.39 is 0 Å². The van der Waals surface area contributed by atoms with Crippen LogP contribution in [0, 0.1) is 11.3 Å². The highest BCUT2D eigenvalue weighted by molar-refractivity contribution is 5.58. The molecule has 12 heavy (non-hydrogen) atoms. The van der Waals surface area contributed by atoms with E-state index in [1.165, 1.54) is 6.08 Å². The first-order chi connectivity index (χ1) is 5.88. The molecule has 1 aromatic carbocycles. The SMILES string of the molecule is COc1ccccc1C=CC#N. The molecular formula is C10H9NO. The van der Waals surface area contributed by atoms with Gasteiger partial charge in [0.1, 0.15) is 5.75 Å². The monoisotopic (exact) mass is 159 g/mol. The van der Waals surface area contributed by atoms with Gasteiger partial charge in [0.05, 0.1) is 13.2 Å². The van der Waals surface area contributed by atoms with Crippen molar-refractivity contribution in [2.24, 2.45) is 0 Å². The largest absolute Gasteiger partial charge is 0.496 e. The molecule has 1 rings (SSSR count). The van der Waals surface area contributed by atoms with E-state index >= 15 is 0 Å². The molecule has 0 saturated heterocycles. The fourth-order valence-corrected chi connectivity index (χ4v) is 0.931. The zero-order valence-corrected chi connectivity index (χ0v) is 6.82. The number of nitrogens with zero attached hydrogens (tertiary/aromatic N) is 1. The lowest BCUT2D eigenvalue weighted by atomic mass is 10.2. The number of methoxy groups -OCH3 is 1. The predicted octanol–water partition coefficient (Wildman–Crippen LogP) is 2.23. The lowest BCUT2D eigenvalue weighted by Crippen LogP contribution is -1.84. The minimum absolute atomic E-state index is 0.781. The molecule has 0 amide bonds. The molecule has 0 spiro atoms. The van der Waals surface area contributed by atoms with E-state index in [-0.39, 0.29) is 0 Å². The van der Waals surface area contributed by atoms with Crippen molar-refractivity contribution in [2.75, 3.05) is 7.11 Å². The van der Waals surface area contributed by atoms with Crippen molar-refractivity contribution in [2.45, 2.75) is 0 Å². The number of ether oxygens (including phenoxy) is 1. The van der Waals surface area contributed by atoms with Crippen molar-refractivity contribution in [1.82, 2.24) is 0 Å². The Morgan fingerprint density at radius 2 is 2.17 bits per heavy atom. The van der Waals surface area contributed by atoms with Crippen LogP contribution in [0.1, 0.15) is 5.56 Å². The van der Waals surface area contributed by atoms with E-state index in [2.05, 4.69) is 0 Å². The summed E-state index contributed by atoms with van der Waals surface area (Å²) in [6, 6.07) is 9.48. The van der Waals surface area contributed by atoms with Gasteiger partial charge >= 0.3 is 0 Å². The van der Waals surface area contributed by atoms with Gasteiger partial charge < -0.3 is 4.74 Å². The summed E-state index contributed by atoms with van der Waals surface area (Å²) in [4.78, 5) is 0. The minimum Gasteiger partial charge on any atom is -0.496 e. The van der Waals surface area contributed by atoms with Gasteiger partial charge in [0, 0.05) is 11.6 Å². The van der Waals surface area contributed by atoms with E-state index in [4.69, 9.17) is 10.00 Å². The Morgan fingerprint density at radius 1 is 1.42 bits per heavy atom. The number of hydrogen-bond donors (Lipinski definition) is 0.